The molecule has 0 aliphatic carbocycles. The van der Waals surface area contributed by atoms with E-state index >= 15 is 0 Å². The van der Waals surface area contributed by atoms with Gasteiger partial charge in [0.1, 0.15) is 5.25 Å². The molecule has 1 unspecified atom stereocenters. The molecule has 1 atom stereocenters. The number of carbonyl (C=O) groups excluding carboxylic acids is 1. The minimum atomic E-state index is -0.423. The standard InChI is InChI=1S/C16H18N4O3S/c1-4-9-19-13(21)11-7-5-6-8-12(11)20-15(19)17-18-16(20)24-10(2)14(22)23-3/h5-8,10H,4,9H2,1-3H3. The number of hydrogen-bond acceptors (Lipinski definition) is 6. The minimum absolute atomic E-state index is 0.0788. The van der Waals surface area contributed by atoms with Gasteiger partial charge in [0, 0.05) is 6.54 Å². The van der Waals surface area contributed by atoms with Crippen molar-refractivity contribution in [1.29, 1.82) is 0 Å². The third kappa shape index (κ3) is 2.66. The number of hydrogen-bond donors (Lipinski definition) is 0. The van der Waals surface area contributed by atoms with E-state index in [0.717, 1.165) is 11.9 Å². The summed E-state index contributed by atoms with van der Waals surface area (Å²) < 4.78 is 8.23. The average molecular weight is 346 g/mol. The highest BCUT2D eigenvalue weighted by molar-refractivity contribution is 8.00. The van der Waals surface area contributed by atoms with Crippen molar-refractivity contribution >= 4 is 34.4 Å². The van der Waals surface area contributed by atoms with Crippen molar-refractivity contribution in [2.24, 2.45) is 0 Å². The number of para-hydroxylation sites is 1. The van der Waals surface area contributed by atoms with E-state index in [0.29, 0.717) is 22.9 Å². The van der Waals surface area contributed by atoms with Crippen LogP contribution in [0, 0.1) is 0 Å². The molecule has 3 aromatic rings. The third-order valence-electron chi connectivity index (χ3n) is 3.74. The van der Waals surface area contributed by atoms with E-state index in [2.05, 4.69) is 10.2 Å². The van der Waals surface area contributed by atoms with Crippen LogP contribution >= 0.6 is 11.8 Å². The summed E-state index contributed by atoms with van der Waals surface area (Å²) in [5.41, 5.74) is 0.652. The zero-order valence-electron chi connectivity index (χ0n) is 13.7. The lowest BCUT2D eigenvalue weighted by atomic mass is 10.2. The van der Waals surface area contributed by atoms with E-state index in [4.69, 9.17) is 4.74 Å². The monoisotopic (exact) mass is 346 g/mol. The maximum atomic E-state index is 12.7. The normalized spacial score (nSPS) is 12.6. The number of nitrogens with zero attached hydrogens (tertiary/aromatic N) is 4. The van der Waals surface area contributed by atoms with Crippen LogP contribution in [0.15, 0.2) is 34.2 Å². The average Bonchev–Trinajstić information content (AvgIpc) is 3.01. The Bertz CT molecular complexity index is 963. The largest absolute Gasteiger partial charge is 0.468 e. The second kappa shape index (κ2) is 6.64. The van der Waals surface area contributed by atoms with Crippen molar-refractivity contribution in [1.82, 2.24) is 19.2 Å². The number of aromatic nitrogens is 4. The van der Waals surface area contributed by atoms with Crippen LogP contribution in [0.4, 0.5) is 0 Å². The van der Waals surface area contributed by atoms with Crippen LogP contribution in [0.5, 0.6) is 0 Å². The van der Waals surface area contributed by atoms with Gasteiger partial charge in [-0.25, -0.2) is 0 Å². The van der Waals surface area contributed by atoms with Gasteiger partial charge in [-0.3, -0.25) is 18.6 Å². The molecule has 24 heavy (non-hydrogen) atoms. The first kappa shape index (κ1) is 16.5. The summed E-state index contributed by atoms with van der Waals surface area (Å²) in [4.78, 5) is 24.4. The van der Waals surface area contributed by atoms with Crippen molar-refractivity contribution in [3.63, 3.8) is 0 Å². The lowest BCUT2D eigenvalue weighted by Crippen LogP contribution is -2.23. The Labute approximate surface area is 142 Å². The zero-order chi connectivity index (χ0) is 17.3. The van der Waals surface area contributed by atoms with Gasteiger partial charge in [-0.2, -0.15) is 0 Å². The fourth-order valence-corrected chi connectivity index (χ4v) is 3.49. The van der Waals surface area contributed by atoms with Gasteiger partial charge in [0.05, 0.1) is 18.0 Å². The first-order chi connectivity index (χ1) is 11.6. The molecule has 0 radical (unpaired) electrons. The van der Waals surface area contributed by atoms with Crippen LogP contribution in [0.3, 0.4) is 0 Å². The van der Waals surface area contributed by atoms with E-state index in [1.807, 2.05) is 29.5 Å². The number of fused-ring (bicyclic) bond motifs is 3. The van der Waals surface area contributed by atoms with Crippen molar-refractivity contribution < 1.29 is 9.53 Å². The fourth-order valence-electron chi connectivity index (χ4n) is 2.61. The molecule has 2 aromatic heterocycles. The minimum Gasteiger partial charge on any atom is -0.468 e. The lowest BCUT2D eigenvalue weighted by molar-refractivity contribution is -0.139. The predicted octanol–water partition coefficient (Wildman–Crippen LogP) is 2.11. The van der Waals surface area contributed by atoms with Crippen molar-refractivity contribution in [2.75, 3.05) is 7.11 Å². The number of carbonyl (C=O) groups is 1. The van der Waals surface area contributed by atoms with Gasteiger partial charge in [0.25, 0.3) is 5.56 Å². The summed E-state index contributed by atoms with van der Waals surface area (Å²) >= 11 is 1.26. The number of rotatable bonds is 5. The number of esters is 1. The molecule has 0 fully saturated rings. The highest BCUT2D eigenvalue weighted by Crippen LogP contribution is 2.25. The van der Waals surface area contributed by atoms with Gasteiger partial charge in [-0.15, -0.1) is 10.2 Å². The molecule has 8 heteroatoms. The van der Waals surface area contributed by atoms with E-state index < -0.39 is 5.25 Å². The summed E-state index contributed by atoms with van der Waals surface area (Å²) in [7, 11) is 1.36. The Morgan fingerprint density at radius 1 is 1.33 bits per heavy atom. The molecule has 0 N–H and O–H groups in total. The highest BCUT2D eigenvalue weighted by Gasteiger charge is 2.21. The maximum Gasteiger partial charge on any atom is 0.318 e. The first-order valence-electron chi connectivity index (χ1n) is 7.69. The fraction of sp³-hybridized carbons (Fsp3) is 0.375. The van der Waals surface area contributed by atoms with Crippen LogP contribution in [-0.4, -0.2) is 37.5 Å². The molecule has 0 aliphatic rings. The second-order valence-electron chi connectivity index (χ2n) is 5.38. The molecular formula is C16H18N4O3S. The van der Waals surface area contributed by atoms with Gasteiger partial charge >= 0.3 is 5.97 Å². The summed E-state index contributed by atoms with van der Waals surface area (Å²) in [6.45, 7) is 4.31. The van der Waals surface area contributed by atoms with Crippen molar-refractivity contribution in [2.45, 2.75) is 37.2 Å². The molecule has 0 aliphatic heterocycles. The van der Waals surface area contributed by atoms with Gasteiger partial charge in [0.15, 0.2) is 5.16 Å². The number of aryl methyl sites for hydroxylation is 1. The Balaban J connectivity index is 2.27. The van der Waals surface area contributed by atoms with E-state index in [-0.39, 0.29) is 11.5 Å². The van der Waals surface area contributed by atoms with Crippen molar-refractivity contribution in [3.05, 3.63) is 34.6 Å². The predicted molar refractivity (Wildman–Crippen MR) is 92.4 cm³/mol. The molecule has 1 aromatic carbocycles. The van der Waals surface area contributed by atoms with Crippen LogP contribution in [-0.2, 0) is 16.1 Å². The molecule has 126 valence electrons. The highest BCUT2D eigenvalue weighted by atomic mass is 32.2. The second-order valence-corrected chi connectivity index (χ2v) is 6.68. The van der Waals surface area contributed by atoms with Crippen LogP contribution in [0.1, 0.15) is 20.3 Å². The summed E-state index contributed by atoms with van der Waals surface area (Å²) in [5, 5.41) is 9.12. The Hall–Kier alpha value is -2.35. The van der Waals surface area contributed by atoms with Gasteiger partial charge in [-0.05, 0) is 25.5 Å². The van der Waals surface area contributed by atoms with Gasteiger partial charge in [-0.1, -0.05) is 30.8 Å². The van der Waals surface area contributed by atoms with Crippen LogP contribution < -0.4 is 5.56 Å². The molecule has 0 saturated carbocycles. The van der Waals surface area contributed by atoms with Crippen LogP contribution in [0.2, 0.25) is 0 Å². The molecule has 0 amide bonds. The number of benzene rings is 1. The molecule has 0 spiro atoms. The topological polar surface area (TPSA) is 78.5 Å². The van der Waals surface area contributed by atoms with Gasteiger partial charge in [0.2, 0.25) is 5.78 Å². The zero-order valence-corrected chi connectivity index (χ0v) is 14.5. The molecular weight excluding hydrogens is 328 g/mol. The summed E-state index contributed by atoms with van der Waals surface area (Å²) in [6.07, 6.45) is 0.807. The number of thioether (sulfide) groups is 1. The van der Waals surface area contributed by atoms with Crippen LogP contribution in [0.25, 0.3) is 16.7 Å². The first-order valence-corrected chi connectivity index (χ1v) is 8.57. The lowest BCUT2D eigenvalue weighted by Gasteiger charge is -2.11. The molecule has 7 nitrogen and oxygen atoms in total. The smallest absolute Gasteiger partial charge is 0.318 e. The third-order valence-corrected chi connectivity index (χ3v) is 4.76. The van der Waals surface area contributed by atoms with Gasteiger partial charge < -0.3 is 4.74 Å². The van der Waals surface area contributed by atoms with E-state index in [9.17, 15) is 9.59 Å². The van der Waals surface area contributed by atoms with E-state index in [1.165, 1.54) is 18.9 Å². The molecule has 0 saturated heterocycles. The SMILES string of the molecule is CCCn1c(=O)c2ccccc2n2c(SC(C)C(=O)OC)nnc12. The molecule has 2 heterocycles. The molecule has 3 rings (SSSR count). The molecule has 0 bridgehead atoms. The Morgan fingerprint density at radius 3 is 2.79 bits per heavy atom. The van der Waals surface area contributed by atoms with E-state index in [1.54, 1.807) is 17.6 Å². The summed E-state index contributed by atoms with van der Waals surface area (Å²) in [6, 6.07) is 7.35. The van der Waals surface area contributed by atoms with Crippen molar-refractivity contribution in [3.8, 4) is 0 Å². The maximum absolute atomic E-state index is 12.7. The summed E-state index contributed by atoms with van der Waals surface area (Å²) in [5.74, 6) is 0.156. The Kier molecular flexibility index (Phi) is 4.57. The Morgan fingerprint density at radius 2 is 2.08 bits per heavy atom. The number of ether oxygens (including phenoxy) is 1. The number of methoxy groups -OCH3 is 1. The quantitative estimate of drug-likeness (QED) is 0.520.